The zero-order chi connectivity index (χ0) is 20.2. The first-order chi connectivity index (χ1) is 14.1. The Kier molecular flexibility index (Phi) is 5.74. The maximum Gasteiger partial charge on any atom is 0.255 e. The van der Waals surface area contributed by atoms with Crippen molar-refractivity contribution in [3.63, 3.8) is 0 Å². The molecule has 1 saturated heterocycles. The third kappa shape index (κ3) is 4.09. The zero-order valence-corrected chi connectivity index (χ0v) is 16.4. The third-order valence-corrected chi connectivity index (χ3v) is 5.24. The molecule has 2 heterocycles. The molecule has 0 spiro atoms. The van der Waals surface area contributed by atoms with E-state index in [1.807, 2.05) is 30.3 Å². The molecule has 4 rings (SSSR count). The predicted octanol–water partition coefficient (Wildman–Crippen LogP) is 2.83. The van der Waals surface area contributed by atoms with E-state index in [-0.39, 0.29) is 11.3 Å². The van der Waals surface area contributed by atoms with Gasteiger partial charge in [-0.25, -0.2) is 0 Å². The van der Waals surface area contributed by atoms with Crippen LogP contribution in [0.5, 0.6) is 0 Å². The summed E-state index contributed by atoms with van der Waals surface area (Å²) in [4.78, 5) is 28.0. The van der Waals surface area contributed by atoms with Crippen molar-refractivity contribution in [1.82, 2.24) is 10.2 Å². The normalized spacial score (nSPS) is 14.8. The molecule has 150 valence electrons. The van der Waals surface area contributed by atoms with Gasteiger partial charge in [0.15, 0.2) is 11.0 Å². The number of para-hydroxylation sites is 1. The third-order valence-electron chi connectivity index (χ3n) is 5.24. The fourth-order valence-electron chi connectivity index (χ4n) is 3.60. The Balaban J connectivity index is 1.63. The van der Waals surface area contributed by atoms with Crippen molar-refractivity contribution in [3.8, 4) is 11.3 Å². The number of benzene rings is 2. The molecule has 0 aliphatic carbocycles. The number of carbonyl (C=O) groups is 1. The van der Waals surface area contributed by atoms with Crippen molar-refractivity contribution in [2.75, 3.05) is 39.4 Å². The number of morpholine rings is 1. The summed E-state index contributed by atoms with van der Waals surface area (Å²) in [6, 6.07) is 14.6. The highest BCUT2D eigenvalue weighted by Gasteiger charge is 2.18. The van der Waals surface area contributed by atoms with Crippen LogP contribution in [0.2, 0.25) is 0 Å². The molecule has 1 aliphatic rings. The summed E-state index contributed by atoms with van der Waals surface area (Å²) in [5.41, 5.74) is 1.93. The molecule has 6 heteroatoms. The lowest BCUT2D eigenvalue weighted by molar-refractivity contribution is 0.0383. The summed E-state index contributed by atoms with van der Waals surface area (Å²) in [5.74, 6) is 0.256. The molecule has 3 aromatic rings. The van der Waals surface area contributed by atoms with Crippen LogP contribution in [0.1, 0.15) is 15.9 Å². The second kappa shape index (κ2) is 8.59. The zero-order valence-electron chi connectivity index (χ0n) is 16.4. The second-order valence-electron chi connectivity index (χ2n) is 7.14. The van der Waals surface area contributed by atoms with E-state index in [2.05, 4.69) is 10.2 Å². The van der Waals surface area contributed by atoms with Gasteiger partial charge in [-0.2, -0.15) is 0 Å². The fraction of sp³-hybridized carbons (Fsp3) is 0.304. The average molecular weight is 392 g/mol. The van der Waals surface area contributed by atoms with Gasteiger partial charge >= 0.3 is 0 Å². The molecule has 1 N–H and O–H groups in total. The highest BCUT2D eigenvalue weighted by Crippen LogP contribution is 2.27. The molecule has 0 atom stereocenters. The minimum Gasteiger partial charge on any atom is -0.455 e. The Hall–Kier alpha value is -2.96. The van der Waals surface area contributed by atoms with Gasteiger partial charge in [-0.05, 0) is 19.1 Å². The van der Waals surface area contributed by atoms with Crippen LogP contribution in [0.3, 0.4) is 0 Å². The lowest BCUT2D eigenvalue weighted by Gasteiger charge is -2.26. The van der Waals surface area contributed by atoms with Gasteiger partial charge in [-0.3, -0.25) is 14.5 Å². The Labute approximate surface area is 169 Å². The molecule has 0 bridgehead atoms. The molecule has 1 fully saturated rings. The maximum absolute atomic E-state index is 12.9. The first-order valence-electron chi connectivity index (χ1n) is 9.85. The quantitative estimate of drug-likeness (QED) is 0.723. The van der Waals surface area contributed by atoms with Crippen LogP contribution in [0.4, 0.5) is 0 Å². The molecule has 1 amide bonds. The van der Waals surface area contributed by atoms with Crippen LogP contribution in [0, 0.1) is 6.92 Å². The molecule has 1 aliphatic heterocycles. The molecule has 0 saturated carbocycles. The average Bonchev–Trinajstić information content (AvgIpc) is 2.77. The minimum absolute atomic E-state index is 0.118. The summed E-state index contributed by atoms with van der Waals surface area (Å²) in [6.45, 7) is 6.24. The van der Waals surface area contributed by atoms with Crippen LogP contribution in [-0.2, 0) is 4.74 Å². The van der Waals surface area contributed by atoms with Crippen LogP contribution in [0.15, 0.2) is 57.7 Å². The van der Waals surface area contributed by atoms with Crippen LogP contribution in [-0.4, -0.2) is 50.2 Å². The number of nitrogens with one attached hydrogen (secondary N) is 1. The van der Waals surface area contributed by atoms with Gasteiger partial charge < -0.3 is 14.5 Å². The molecular formula is C23H24N2O4. The number of ether oxygens (including phenoxy) is 1. The number of fused-ring (bicyclic) bond motifs is 1. The lowest BCUT2D eigenvalue weighted by atomic mass is 10.0. The highest BCUT2D eigenvalue weighted by molar-refractivity contribution is 6.05. The van der Waals surface area contributed by atoms with Gasteiger partial charge in [0, 0.05) is 37.3 Å². The SMILES string of the molecule is Cc1c(-c2ccccc2)oc2c(C(=O)NCCN3CCOCC3)cccc2c1=O. The number of nitrogens with zero attached hydrogens (tertiary/aromatic N) is 1. The topological polar surface area (TPSA) is 71.8 Å². The van der Waals surface area contributed by atoms with E-state index in [1.165, 1.54) is 0 Å². The number of rotatable bonds is 5. The molecule has 0 unspecified atom stereocenters. The monoisotopic (exact) mass is 392 g/mol. The first kappa shape index (κ1) is 19.4. The van der Waals surface area contributed by atoms with E-state index >= 15 is 0 Å². The van der Waals surface area contributed by atoms with Gasteiger partial charge in [-0.1, -0.05) is 36.4 Å². The molecular weight excluding hydrogens is 368 g/mol. The number of hydrogen-bond acceptors (Lipinski definition) is 5. The Morgan fingerprint density at radius 2 is 1.83 bits per heavy atom. The fourth-order valence-corrected chi connectivity index (χ4v) is 3.60. The Morgan fingerprint density at radius 3 is 2.59 bits per heavy atom. The highest BCUT2D eigenvalue weighted by atomic mass is 16.5. The lowest BCUT2D eigenvalue weighted by Crippen LogP contribution is -2.41. The summed E-state index contributed by atoms with van der Waals surface area (Å²) in [7, 11) is 0. The second-order valence-corrected chi connectivity index (χ2v) is 7.14. The van der Waals surface area contributed by atoms with Crippen molar-refractivity contribution in [3.05, 3.63) is 69.9 Å². The van der Waals surface area contributed by atoms with Crippen molar-refractivity contribution in [2.24, 2.45) is 0 Å². The predicted molar refractivity (Wildman–Crippen MR) is 112 cm³/mol. The van der Waals surface area contributed by atoms with E-state index in [0.717, 1.165) is 38.4 Å². The number of carbonyl (C=O) groups excluding carboxylic acids is 1. The summed E-state index contributed by atoms with van der Waals surface area (Å²) >= 11 is 0. The van der Waals surface area contributed by atoms with Crippen LogP contribution in [0.25, 0.3) is 22.3 Å². The van der Waals surface area contributed by atoms with Gasteiger partial charge in [0.25, 0.3) is 5.91 Å². The van der Waals surface area contributed by atoms with Crippen molar-refractivity contribution < 1.29 is 13.9 Å². The molecule has 6 nitrogen and oxygen atoms in total. The van der Waals surface area contributed by atoms with Crippen molar-refractivity contribution in [2.45, 2.75) is 6.92 Å². The van der Waals surface area contributed by atoms with Gasteiger partial charge in [0.1, 0.15) is 5.76 Å². The maximum atomic E-state index is 12.9. The summed E-state index contributed by atoms with van der Waals surface area (Å²) < 4.78 is 11.5. The van der Waals surface area contributed by atoms with Crippen molar-refractivity contribution in [1.29, 1.82) is 0 Å². The smallest absolute Gasteiger partial charge is 0.255 e. The largest absolute Gasteiger partial charge is 0.455 e. The van der Waals surface area contributed by atoms with E-state index in [4.69, 9.17) is 9.15 Å². The number of amides is 1. The van der Waals surface area contributed by atoms with E-state index in [9.17, 15) is 9.59 Å². The first-order valence-corrected chi connectivity index (χ1v) is 9.85. The Morgan fingerprint density at radius 1 is 1.07 bits per heavy atom. The molecule has 1 aromatic heterocycles. The summed E-state index contributed by atoms with van der Waals surface area (Å²) in [5, 5.41) is 3.37. The molecule has 0 radical (unpaired) electrons. The van der Waals surface area contributed by atoms with Crippen LogP contribution >= 0.6 is 0 Å². The Bertz CT molecular complexity index is 1070. The van der Waals surface area contributed by atoms with Crippen LogP contribution < -0.4 is 10.7 Å². The molecule has 29 heavy (non-hydrogen) atoms. The van der Waals surface area contributed by atoms with Gasteiger partial charge in [-0.15, -0.1) is 0 Å². The van der Waals surface area contributed by atoms with Gasteiger partial charge in [0.2, 0.25) is 0 Å². The van der Waals surface area contributed by atoms with E-state index in [1.54, 1.807) is 25.1 Å². The van der Waals surface area contributed by atoms with Crippen molar-refractivity contribution >= 4 is 16.9 Å². The molecule has 2 aromatic carbocycles. The standard InChI is InChI=1S/C23H24N2O4/c1-16-20(26)18-8-5-9-19(22(18)29-21(16)17-6-3-2-4-7-17)23(27)24-10-11-25-12-14-28-15-13-25/h2-9H,10-15H2,1H3,(H,24,27). The minimum atomic E-state index is -0.241. The van der Waals surface area contributed by atoms with E-state index < -0.39 is 0 Å². The van der Waals surface area contributed by atoms with Gasteiger partial charge in [0.05, 0.1) is 24.2 Å². The number of hydrogen-bond donors (Lipinski definition) is 1. The van der Waals surface area contributed by atoms with E-state index in [0.29, 0.717) is 34.4 Å². The summed E-state index contributed by atoms with van der Waals surface area (Å²) in [6.07, 6.45) is 0.